The minimum absolute atomic E-state index is 0.0264. The number of amides is 1. The Hall–Kier alpha value is -3.24. The molecule has 3 aromatic rings. The number of benzene rings is 2. The first-order valence-corrected chi connectivity index (χ1v) is 11.2. The Kier molecular flexibility index (Phi) is 5.51. The molecule has 1 fully saturated rings. The molecule has 0 radical (unpaired) electrons. The Labute approximate surface area is 172 Å². The Morgan fingerprint density at radius 2 is 1.83 bits per heavy atom. The summed E-state index contributed by atoms with van der Waals surface area (Å²) < 4.78 is 28.2. The van der Waals surface area contributed by atoms with E-state index in [2.05, 4.69) is 20.0 Å². The fraction of sp³-hybridized carbons (Fsp3) is 0.250. The fourth-order valence-electron chi connectivity index (χ4n) is 3.46. The molecule has 2 heterocycles. The smallest absolute Gasteiger partial charge is 0.324 e. The van der Waals surface area contributed by atoms with Gasteiger partial charge in [-0.2, -0.15) is 0 Å². The number of H-pyrrole nitrogens is 1. The van der Waals surface area contributed by atoms with Gasteiger partial charge in [0.15, 0.2) is 15.7 Å². The highest BCUT2D eigenvalue weighted by Crippen LogP contribution is 2.26. The lowest BCUT2D eigenvalue weighted by Crippen LogP contribution is -2.46. The van der Waals surface area contributed by atoms with E-state index in [1.807, 2.05) is 35.2 Å². The average Bonchev–Trinajstić information content (AvgIpc) is 3.17. The van der Waals surface area contributed by atoms with Crippen LogP contribution in [-0.4, -0.2) is 54.0 Å². The van der Waals surface area contributed by atoms with Gasteiger partial charge in [-0.25, -0.2) is 13.2 Å². The Morgan fingerprint density at radius 1 is 1.10 bits per heavy atom. The predicted octanol–water partition coefficient (Wildman–Crippen LogP) is 1.44. The van der Waals surface area contributed by atoms with Crippen molar-refractivity contribution in [2.75, 3.05) is 29.9 Å². The minimum atomic E-state index is -3.07. The maximum atomic E-state index is 13.2. The molecule has 9 nitrogen and oxygen atoms in total. The first-order valence-electron chi connectivity index (χ1n) is 9.38. The first-order chi connectivity index (χ1) is 14.4. The van der Waals surface area contributed by atoms with Crippen LogP contribution in [0.1, 0.15) is 11.6 Å². The summed E-state index contributed by atoms with van der Waals surface area (Å²) in [6, 6.07) is 15.5. The zero-order chi connectivity index (χ0) is 21.1. The summed E-state index contributed by atoms with van der Waals surface area (Å²) in [6.45, 7) is 0.574. The van der Waals surface area contributed by atoms with Crippen LogP contribution in [0, 0.1) is 0 Å². The molecule has 1 atom stereocenters. The maximum Gasteiger partial charge on any atom is 0.439 e. The fourth-order valence-corrected chi connectivity index (χ4v) is 4.69. The van der Waals surface area contributed by atoms with Crippen molar-refractivity contribution in [3.63, 3.8) is 0 Å². The lowest BCUT2D eigenvalue weighted by atomic mass is 10.0. The molecule has 1 aliphatic rings. The summed E-state index contributed by atoms with van der Waals surface area (Å²) in [5.41, 5.74) is 1.89. The Bertz CT molecular complexity index is 1190. The molecule has 10 heteroatoms. The van der Waals surface area contributed by atoms with Crippen LogP contribution >= 0.6 is 0 Å². The summed E-state index contributed by atoms with van der Waals surface area (Å²) in [7, 11) is -3.07. The van der Waals surface area contributed by atoms with Crippen molar-refractivity contribution in [1.82, 2.24) is 15.0 Å². The minimum Gasteiger partial charge on any atom is -0.324 e. The van der Waals surface area contributed by atoms with Crippen LogP contribution in [0.15, 0.2) is 63.9 Å². The molecule has 0 saturated carbocycles. The van der Waals surface area contributed by atoms with E-state index in [-0.39, 0.29) is 36.3 Å². The van der Waals surface area contributed by atoms with Gasteiger partial charge in [-0.05, 0) is 17.7 Å². The number of anilines is 1. The van der Waals surface area contributed by atoms with Crippen LogP contribution in [0.4, 0.5) is 5.69 Å². The molecular weight excluding hydrogens is 408 g/mol. The monoisotopic (exact) mass is 428 g/mol. The molecule has 2 N–H and O–H groups in total. The molecule has 1 aromatic heterocycles. The van der Waals surface area contributed by atoms with Gasteiger partial charge in [0.25, 0.3) is 0 Å². The molecule has 1 unspecified atom stereocenters. The molecule has 30 heavy (non-hydrogen) atoms. The number of aromatic amines is 1. The number of nitrogens with zero attached hydrogens (tertiary/aromatic N) is 2. The van der Waals surface area contributed by atoms with Gasteiger partial charge in [-0.3, -0.25) is 19.2 Å². The third kappa shape index (κ3) is 4.50. The Balaban J connectivity index is 1.59. The highest BCUT2D eigenvalue weighted by atomic mass is 32.2. The highest BCUT2D eigenvalue weighted by molar-refractivity contribution is 7.91. The van der Waals surface area contributed by atoms with Gasteiger partial charge in [-0.15, -0.1) is 0 Å². The van der Waals surface area contributed by atoms with Crippen LogP contribution in [-0.2, 0) is 14.6 Å². The quantitative estimate of drug-likeness (QED) is 0.630. The van der Waals surface area contributed by atoms with E-state index in [4.69, 9.17) is 0 Å². The summed E-state index contributed by atoms with van der Waals surface area (Å²) >= 11 is 0. The number of carbonyl (C=O) groups is 1. The van der Waals surface area contributed by atoms with E-state index in [1.165, 1.54) is 0 Å². The summed E-state index contributed by atoms with van der Waals surface area (Å²) in [4.78, 5) is 28.8. The van der Waals surface area contributed by atoms with Gasteiger partial charge in [0.05, 0.1) is 11.5 Å². The van der Waals surface area contributed by atoms with E-state index in [9.17, 15) is 18.0 Å². The predicted molar refractivity (Wildman–Crippen MR) is 111 cm³/mol. The van der Waals surface area contributed by atoms with Gasteiger partial charge in [0.2, 0.25) is 5.91 Å². The van der Waals surface area contributed by atoms with E-state index < -0.39 is 21.6 Å². The van der Waals surface area contributed by atoms with E-state index in [0.29, 0.717) is 11.3 Å². The number of hydrogen-bond donors (Lipinski definition) is 2. The van der Waals surface area contributed by atoms with Gasteiger partial charge in [0.1, 0.15) is 6.04 Å². The zero-order valence-electron chi connectivity index (χ0n) is 15.9. The van der Waals surface area contributed by atoms with Crippen molar-refractivity contribution in [2.45, 2.75) is 6.04 Å². The largest absolute Gasteiger partial charge is 0.439 e. The number of aromatic nitrogens is 2. The molecule has 4 rings (SSSR count). The lowest BCUT2D eigenvalue weighted by molar-refractivity contribution is -0.121. The van der Waals surface area contributed by atoms with Gasteiger partial charge < -0.3 is 5.32 Å². The van der Waals surface area contributed by atoms with E-state index >= 15 is 0 Å². The number of carbonyl (C=O) groups excluding carboxylic acids is 1. The van der Waals surface area contributed by atoms with Crippen LogP contribution in [0.5, 0.6) is 0 Å². The van der Waals surface area contributed by atoms with Gasteiger partial charge >= 0.3 is 5.76 Å². The number of rotatable bonds is 5. The molecule has 1 aliphatic heterocycles. The molecule has 0 aliphatic carbocycles. The van der Waals surface area contributed by atoms with Crippen LogP contribution in [0.3, 0.4) is 0 Å². The number of nitrogens with one attached hydrogen (secondary N) is 2. The number of sulfone groups is 1. The third-order valence-electron chi connectivity index (χ3n) is 4.95. The van der Waals surface area contributed by atoms with Crippen LogP contribution in [0.25, 0.3) is 11.4 Å². The second-order valence-corrected chi connectivity index (χ2v) is 9.32. The molecule has 0 bridgehead atoms. The van der Waals surface area contributed by atoms with Crippen molar-refractivity contribution >= 4 is 21.4 Å². The summed E-state index contributed by atoms with van der Waals surface area (Å²) in [5, 5.41) is 6.55. The van der Waals surface area contributed by atoms with Crippen molar-refractivity contribution in [1.29, 1.82) is 0 Å². The number of hydrogen-bond acceptors (Lipinski definition) is 7. The standard InChI is InChI=1S/C20H20N4O5S/c25-19(21-16-8-4-7-15(13-16)18-22-20(26)29-23-18)17(14-5-2-1-3-6-14)24-9-11-30(27,28)12-10-24/h1-8,13,17H,9-12H2,(H,21,25)(H,22,23,26). The van der Waals surface area contributed by atoms with Crippen molar-refractivity contribution in [2.24, 2.45) is 0 Å². The maximum absolute atomic E-state index is 13.2. The topological polar surface area (TPSA) is 125 Å². The summed E-state index contributed by atoms with van der Waals surface area (Å²) in [5.74, 6) is -0.621. The van der Waals surface area contributed by atoms with Gasteiger partial charge in [-0.1, -0.05) is 47.6 Å². The second kappa shape index (κ2) is 8.25. The molecule has 1 amide bonds. The van der Waals surface area contributed by atoms with Gasteiger partial charge in [0, 0.05) is 24.3 Å². The van der Waals surface area contributed by atoms with Crippen molar-refractivity contribution in [3.05, 3.63) is 70.7 Å². The normalized spacial score (nSPS) is 17.3. The van der Waals surface area contributed by atoms with Crippen LogP contribution in [0.2, 0.25) is 0 Å². The lowest BCUT2D eigenvalue weighted by Gasteiger charge is -2.33. The van der Waals surface area contributed by atoms with E-state index in [0.717, 1.165) is 5.56 Å². The molecule has 156 valence electrons. The van der Waals surface area contributed by atoms with Crippen molar-refractivity contribution < 1.29 is 17.7 Å². The first kappa shape index (κ1) is 20.0. The summed E-state index contributed by atoms with van der Waals surface area (Å²) in [6.07, 6.45) is 0. The molecular formula is C20H20N4O5S. The van der Waals surface area contributed by atoms with E-state index in [1.54, 1.807) is 24.3 Å². The average molecular weight is 428 g/mol. The van der Waals surface area contributed by atoms with Crippen LogP contribution < -0.4 is 11.1 Å². The molecule has 0 spiro atoms. The third-order valence-corrected chi connectivity index (χ3v) is 6.56. The molecule has 1 saturated heterocycles. The van der Waals surface area contributed by atoms with Crippen molar-refractivity contribution in [3.8, 4) is 11.4 Å². The zero-order valence-corrected chi connectivity index (χ0v) is 16.8. The SMILES string of the molecule is O=C(Nc1cccc(-c2noc(=O)[nH]2)c1)C(c1ccccc1)N1CCS(=O)(=O)CC1. The Morgan fingerprint density at radius 3 is 2.50 bits per heavy atom. The highest BCUT2D eigenvalue weighted by Gasteiger charge is 2.32. The second-order valence-electron chi connectivity index (χ2n) is 7.01. The molecule has 2 aromatic carbocycles.